The van der Waals surface area contributed by atoms with E-state index in [9.17, 15) is 19.5 Å². The number of aryl methyl sites for hydroxylation is 2. The van der Waals surface area contributed by atoms with Crippen molar-refractivity contribution in [3.05, 3.63) is 110 Å². The van der Waals surface area contributed by atoms with Crippen LogP contribution in [0.2, 0.25) is 0 Å². The average Bonchev–Trinajstić information content (AvgIpc) is 2.83. The molecule has 0 bridgehead atoms. The van der Waals surface area contributed by atoms with Gasteiger partial charge in [-0.1, -0.05) is 48.5 Å². The summed E-state index contributed by atoms with van der Waals surface area (Å²) in [6.07, 6.45) is 0.465. The number of hydrogen-bond donors (Lipinski definition) is 2. The number of carbonyl (C=O) groups excluding carboxylic acids is 1. The number of para-hydroxylation sites is 1. The number of nitrogens with zero attached hydrogens (tertiary/aromatic N) is 2. The topological polar surface area (TPSA) is 102 Å². The Balaban J connectivity index is 1.73. The van der Waals surface area contributed by atoms with Gasteiger partial charge in [0, 0.05) is 12.1 Å². The van der Waals surface area contributed by atoms with Crippen LogP contribution in [-0.2, 0) is 19.5 Å². The number of carbonyl (C=O) groups is 1. The van der Waals surface area contributed by atoms with Crippen LogP contribution in [0.25, 0.3) is 10.9 Å². The van der Waals surface area contributed by atoms with E-state index in [1.54, 1.807) is 72.2 Å². The van der Waals surface area contributed by atoms with Crippen molar-refractivity contribution in [1.29, 1.82) is 0 Å². The molecule has 0 atom stereocenters. The van der Waals surface area contributed by atoms with Gasteiger partial charge in [-0.25, -0.2) is 4.79 Å². The van der Waals surface area contributed by atoms with Crippen molar-refractivity contribution in [3.8, 4) is 5.75 Å². The predicted molar refractivity (Wildman–Crippen MR) is 126 cm³/mol. The maximum absolute atomic E-state index is 13.4. The summed E-state index contributed by atoms with van der Waals surface area (Å²) in [5.74, 6) is -0.169. The number of aliphatic hydroxyl groups excluding tert-OH is 1. The summed E-state index contributed by atoms with van der Waals surface area (Å²) in [6.45, 7) is 1.67. The van der Waals surface area contributed by atoms with E-state index in [4.69, 9.17) is 5.11 Å². The lowest BCUT2D eigenvalue weighted by atomic mass is 10.1. The minimum atomic E-state index is -0.561. The van der Waals surface area contributed by atoms with Crippen molar-refractivity contribution in [2.75, 3.05) is 6.61 Å². The molecule has 0 unspecified atom stereocenters. The Morgan fingerprint density at radius 1 is 0.909 bits per heavy atom. The molecule has 0 aliphatic carbocycles. The van der Waals surface area contributed by atoms with E-state index in [2.05, 4.69) is 0 Å². The van der Waals surface area contributed by atoms with Crippen molar-refractivity contribution in [3.63, 3.8) is 0 Å². The second-order valence-electron chi connectivity index (χ2n) is 7.99. The number of ketones is 1. The quantitative estimate of drug-likeness (QED) is 0.427. The fraction of sp³-hybridized carbons (Fsp3) is 0.192. The highest BCUT2D eigenvalue weighted by molar-refractivity contribution is 5.96. The van der Waals surface area contributed by atoms with Gasteiger partial charge in [-0.05, 0) is 48.2 Å². The summed E-state index contributed by atoms with van der Waals surface area (Å²) in [6, 6.07) is 18.9. The standard InChI is InChI=1S/C26H24N2O5/c1-17-14-18(8-11-23(17)30)12-13-27-25(32)21-4-2-3-5-22(21)28(26(27)33)15-19-6-9-20(10-7-19)24(31)16-29/h2-11,14,29-30H,12-13,15-16H2,1H3. The zero-order valence-corrected chi connectivity index (χ0v) is 18.2. The monoisotopic (exact) mass is 444 g/mol. The fourth-order valence-corrected chi connectivity index (χ4v) is 3.90. The zero-order valence-electron chi connectivity index (χ0n) is 18.2. The second-order valence-corrected chi connectivity index (χ2v) is 7.99. The minimum Gasteiger partial charge on any atom is -0.508 e. The Hall–Kier alpha value is -3.97. The Morgan fingerprint density at radius 2 is 1.61 bits per heavy atom. The van der Waals surface area contributed by atoms with Crippen molar-refractivity contribution < 1.29 is 15.0 Å². The zero-order chi connectivity index (χ0) is 23.5. The van der Waals surface area contributed by atoms with Crippen LogP contribution in [0.5, 0.6) is 5.75 Å². The molecule has 0 spiro atoms. The molecule has 0 radical (unpaired) electrons. The van der Waals surface area contributed by atoms with Crippen molar-refractivity contribution in [2.45, 2.75) is 26.4 Å². The molecule has 7 nitrogen and oxygen atoms in total. The molecule has 4 aromatic rings. The van der Waals surface area contributed by atoms with Gasteiger partial charge in [0.2, 0.25) is 0 Å². The molecule has 0 aliphatic heterocycles. The van der Waals surface area contributed by atoms with Crippen LogP contribution in [0.3, 0.4) is 0 Å². The van der Waals surface area contributed by atoms with Gasteiger partial charge in [0.25, 0.3) is 5.56 Å². The van der Waals surface area contributed by atoms with Gasteiger partial charge in [-0.2, -0.15) is 0 Å². The lowest BCUT2D eigenvalue weighted by Gasteiger charge is -2.15. The van der Waals surface area contributed by atoms with E-state index in [1.807, 2.05) is 6.07 Å². The number of phenolic OH excluding ortho intramolecular Hbond substituents is 1. The Bertz CT molecular complexity index is 1450. The minimum absolute atomic E-state index is 0.204. The summed E-state index contributed by atoms with van der Waals surface area (Å²) in [7, 11) is 0. The van der Waals surface area contributed by atoms with Gasteiger partial charge in [0.05, 0.1) is 17.4 Å². The number of rotatable bonds is 7. The third-order valence-electron chi connectivity index (χ3n) is 5.78. The van der Waals surface area contributed by atoms with E-state index in [-0.39, 0.29) is 30.2 Å². The van der Waals surface area contributed by atoms with Crippen molar-refractivity contribution in [2.24, 2.45) is 0 Å². The molecule has 0 fully saturated rings. The Labute approximate surface area is 189 Å². The number of Topliss-reactive ketones (excluding diaryl/α,β-unsaturated/α-hetero) is 1. The molecule has 1 aromatic heterocycles. The summed E-state index contributed by atoms with van der Waals surface area (Å²) < 4.78 is 2.80. The Morgan fingerprint density at radius 3 is 2.30 bits per heavy atom. The van der Waals surface area contributed by atoms with Gasteiger partial charge >= 0.3 is 5.69 Å². The van der Waals surface area contributed by atoms with Crippen LogP contribution < -0.4 is 11.2 Å². The number of aromatic nitrogens is 2. The van der Waals surface area contributed by atoms with E-state index in [0.717, 1.165) is 16.7 Å². The summed E-state index contributed by atoms with van der Waals surface area (Å²) in [5.41, 5.74) is 2.62. The summed E-state index contributed by atoms with van der Waals surface area (Å²) >= 11 is 0. The van der Waals surface area contributed by atoms with Crippen LogP contribution in [0.15, 0.2) is 76.3 Å². The molecule has 168 valence electrons. The van der Waals surface area contributed by atoms with E-state index < -0.39 is 12.3 Å². The Kier molecular flexibility index (Phi) is 6.24. The summed E-state index contributed by atoms with van der Waals surface area (Å²) in [4.78, 5) is 38.1. The molecule has 4 rings (SSSR count). The molecule has 0 saturated carbocycles. The number of hydrogen-bond acceptors (Lipinski definition) is 5. The number of phenols is 1. The SMILES string of the molecule is Cc1cc(CCn2c(=O)c3ccccc3n(Cc3ccc(C(=O)CO)cc3)c2=O)ccc1O. The first-order chi connectivity index (χ1) is 15.9. The largest absolute Gasteiger partial charge is 0.508 e. The highest BCUT2D eigenvalue weighted by Crippen LogP contribution is 2.17. The van der Waals surface area contributed by atoms with Crippen molar-refractivity contribution in [1.82, 2.24) is 9.13 Å². The van der Waals surface area contributed by atoms with E-state index in [0.29, 0.717) is 22.9 Å². The molecule has 0 amide bonds. The molecule has 3 aromatic carbocycles. The molecular formula is C26H24N2O5. The normalized spacial score (nSPS) is 11.1. The molecule has 2 N–H and O–H groups in total. The van der Waals surface area contributed by atoms with Crippen molar-refractivity contribution >= 4 is 16.7 Å². The van der Waals surface area contributed by atoms with Crippen LogP contribution in [0.4, 0.5) is 0 Å². The maximum atomic E-state index is 13.4. The second kappa shape index (κ2) is 9.26. The lowest BCUT2D eigenvalue weighted by molar-refractivity contribution is 0.0903. The van der Waals surface area contributed by atoms with Gasteiger partial charge in [-0.3, -0.25) is 18.7 Å². The highest BCUT2D eigenvalue weighted by atomic mass is 16.3. The molecule has 7 heteroatoms. The number of aliphatic hydroxyl groups is 1. The van der Waals surface area contributed by atoms with Crippen LogP contribution in [0.1, 0.15) is 27.0 Å². The highest BCUT2D eigenvalue weighted by Gasteiger charge is 2.14. The maximum Gasteiger partial charge on any atom is 0.331 e. The van der Waals surface area contributed by atoms with Crippen LogP contribution in [0, 0.1) is 6.92 Å². The summed E-state index contributed by atoms with van der Waals surface area (Å²) in [5, 5.41) is 19.2. The van der Waals surface area contributed by atoms with Gasteiger partial charge in [-0.15, -0.1) is 0 Å². The van der Waals surface area contributed by atoms with Gasteiger partial charge in [0.15, 0.2) is 5.78 Å². The third-order valence-corrected chi connectivity index (χ3v) is 5.78. The molecule has 0 saturated heterocycles. The predicted octanol–water partition coefficient (Wildman–Crippen LogP) is 2.64. The van der Waals surface area contributed by atoms with Crippen LogP contribution in [-0.4, -0.2) is 31.7 Å². The first-order valence-corrected chi connectivity index (χ1v) is 10.6. The fourth-order valence-electron chi connectivity index (χ4n) is 3.90. The lowest BCUT2D eigenvalue weighted by Crippen LogP contribution is -2.40. The van der Waals surface area contributed by atoms with Gasteiger partial charge in [0.1, 0.15) is 12.4 Å². The molecular weight excluding hydrogens is 420 g/mol. The van der Waals surface area contributed by atoms with E-state index in [1.165, 1.54) is 4.57 Å². The number of fused-ring (bicyclic) bond motifs is 1. The number of aromatic hydroxyl groups is 1. The smallest absolute Gasteiger partial charge is 0.331 e. The van der Waals surface area contributed by atoms with Crippen LogP contribution >= 0.6 is 0 Å². The van der Waals surface area contributed by atoms with E-state index >= 15 is 0 Å². The molecule has 0 aliphatic rings. The molecule has 33 heavy (non-hydrogen) atoms. The third kappa shape index (κ3) is 4.49. The first kappa shape index (κ1) is 22.2. The average molecular weight is 444 g/mol. The van der Waals surface area contributed by atoms with Gasteiger partial charge < -0.3 is 10.2 Å². The molecule has 1 heterocycles. The number of benzene rings is 3. The first-order valence-electron chi connectivity index (χ1n) is 10.6.